The molecule has 0 aromatic heterocycles. The zero-order chi connectivity index (χ0) is 32.7. The molecule has 0 aliphatic carbocycles. The molecule has 8 nitrogen and oxygen atoms in total. The van der Waals surface area contributed by atoms with Crippen LogP contribution in [0.2, 0.25) is 26.2 Å². The topological polar surface area (TPSA) is 87.0 Å². The van der Waals surface area contributed by atoms with Crippen molar-refractivity contribution < 1.29 is 35.4 Å². The molecule has 0 radical (unpaired) electrons. The lowest BCUT2D eigenvalue weighted by molar-refractivity contribution is 0.190. The zero-order valence-electron chi connectivity index (χ0n) is 27.4. The highest BCUT2D eigenvalue weighted by Crippen LogP contribution is 2.57. The van der Waals surface area contributed by atoms with Crippen LogP contribution in [0, 0.1) is 0 Å². The minimum Gasteiger partial charge on any atom is -0.413 e. The third-order valence-electron chi connectivity index (χ3n) is 10.2. The number of epoxide rings is 4. The van der Waals surface area contributed by atoms with Gasteiger partial charge in [0.25, 0.3) is 0 Å². The highest BCUT2D eigenvalue weighted by Gasteiger charge is 2.76. The third kappa shape index (κ3) is 5.67. The summed E-state index contributed by atoms with van der Waals surface area (Å²) < 4.78 is 56.0. The van der Waals surface area contributed by atoms with Gasteiger partial charge in [-0.2, -0.15) is 0 Å². The van der Waals surface area contributed by atoms with Crippen LogP contribution >= 0.6 is 0 Å². The SMILES string of the molecule is C[Si]1(C2OC2c2ccccc2)O[Si](C)(C2OC2c2ccccc2)O[Si](C)(C2OC2c2ccccc2)O[Si](C)(C2OC2c2ccccc2)O1. The maximum absolute atomic E-state index is 7.51. The van der Waals surface area contributed by atoms with Crippen molar-refractivity contribution >= 4 is 34.2 Å². The van der Waals surface area contributed by atoms with Gasteiger partial charge in [0.1, 0.15) is 47.3 Å². The Morgan fingerprint density at radius 1 is 0.312 bits per heavy atom. The summed E-state index contributed by atoms with van der Waals surface area (Å²) in [6.45, 7) is 8.53. The molecule has 8 atom stereocenters. The van der Waals surface area contributed by atoms with Gasteiger partial charge in [0, 0.05) is 0 Å². The fourth-order valence-corrected chi connectivity index (χ4v) is 31.1. The van der Waals surface area contributed by atoms with Gasteiger partial charge < -0.3 is 35.4 Å². The molecule has 0 amide bonds. The summed E-state index contributed by atoms with van der Waals surface area (Å²) in [5, 5.41) is 0. The van der Waals surface area contributed by atoms with Crippen LogP contribution in [-0.4, -0.2) is 57.2 Å². The normalized spacial score (nSPS) is 43.1. The molecule has 12 heteroatoms. The fourth-order valence-electron chi connectivity index (χ4n) is 7.79. The Morgan fingerprint density at radius 2 is 0.500 bits per heavy atom. The first kappa shape index (κ1) is 31.4. The average Bonchev–Trinajstić information content (AvgIpc) is 3.93. The standard InChI is InChI=1S/C36H40O8Si4/c1-45(33-29(37-33)25-17-9-5-10-18-25)41-46(2,34-30(38-34)26-19-11-6-12-20-26)43-48(4,36-32(40-36)28-23-15-8-16-24-28)44-47(3,42-45)35-31(39-35)27-21-13-7-14-22-27/h5-24,29-36H,1-4H3. The number of ether oxygens (including phenoxy) is 4. The molecule has 248 valence electrons. The Hall–Kier alpha value is -2.57. The van der Waals surface area contributed by atoms with Gasteiger partial charge in [-0.25, -0.2) is 0 Å². The van der Waals surface area contributed by atoms with Crippen LogP contribution in [0.25, 0.3) is 0 Å². The van der Waals surface area contributed by atoms with Crippen LogP contribution in [0.4, 0.5) is 0 Å². The van der Waals surface area contributed by atoms with Gasteiger partial charge in [-0.1, -0.05) is 121 Å². The smallest absolute Gasteiger partial charge is 0.350 e. The van der Waals surface area contributed by atoms with Crippen LogP contribution in [-0.2, 0) is 35.4 Å². The molecular formula is C36H40O8Si4. The van der Waals surface area contributed by atoms with E-state index in [1.54, 1.807) is 0 Å². The van der Waals surface area contributed by atoms with Gasteiger partial charge in [-0.05, 0) is 48.4 Å². The van der Waals surface area contributed by atoms with Crippen molar-refractivity contribution in [1.82, 2.24) is 0 Å². The van der Waals surface area contributed by atoms with Crippen molar-refractivity contribution in [2.24, 2.45) is 0 Å². The number of hydrogen-bond acceptors (Lipinski definition) is 8. The highest BCUT2D eigenvalue weighted by molar-refractivity contribution is 6.95. The van der Waals surface area contributed by atoms with Crippen LogP contribution in [0.5, 0.6) is 0 Å². The lowest BCUT2D eigenvalue weighted by Crippen LogP contribution is -2.73. The summed E-state index contributed by atoms with van der Waals surface area (Å²) in [4.78, 5) is 0. The van der Waals surface area contributed by atoms with Crippen molar-refractivity contribution in [3.63, 3.8) is 0 Å². The molecule has 5 saturated heterocycles. The molecular weight excluding hydrogens is 673 g/mol. The Balaban J connectivity index is 1.10. The van der Waals surface area contributed by atoms with E-state index in [1.165, 1.54) is 0 Å². The molecule has 8 unspecified atom stereocenters. The van der Waals surface area contributed by atoms with Gasteiger partial charge in [0.05, 0.1) is 0 Å². The van der Waals surface area contributed by atoms with E-state index in [-0.39, 0.29) is 47.3 Å². The highest BCUT2D eigenvalue weighted by atomic mass is 28.5. The lowest BCUT2D eigenvalue weighted by Gasteiger charge is -2.49. The number of rotatable bonds is 8. The van der Waals surface area contributed by atoms with E-state index < -0.39 is 34.2 Å². The molecule has 5 heterocycles. The third-order valence-corrected chi connectivity index (χ3v) is 29.0. The monoisotopic (exact) mass is 712 g/mol. The first-order valence-corrected chi connectivity index (χ1v) is 26.4. The first-order chi connectivity index (χ1) is 23.2. The molecule has 4 aromatic rings. The Bertz CT molecular complexity index is 1500. The summed E-state index contributed by atoms with van der Waals surface area (Å²) in [5.74, 6) is 0. The summed E-state index contributed by atoms with van der Waals surface area (Å²) >= 11 is 0. The molecule has 5 aliphatic heterocycles. The first-order valence-electron chi connectivity index (χ1n) is 16.8. The van der Waals surface area contributed by atoms with E-state index >= 15 is 0 Å². The summed E-state index contributed by atoms with van der Waals surface area (Å²) in [6.07, 6.45) is -0.475. The molecule has 9 rings (SSSR count). The summed E-state index contributed by atoms with van der Waals surface area (Å²) in [7, 11) is -12.8. The van der Waals surface area contributed by atoms with Gasteiger partial charge in [-0.15, -0.1) is 0 Å². The van der Waals surface area contributed by atoms with Crippen LogP contribution in [0.3, 0.4) is 0 Å². The van der Waals surface area contributed by atoms with E-state index in [1.807, 2.05) is 72.8 Å². The molecule has 0 bridgehead atoms. The second-order valence-corrected chi connectivity index (χ2v) is 27.7. The van der Waals surface area contributed by atoms with E-state index in [0.717, 1.165) is 22.3 Å². The lowest BCUT2D eigenvalue weighted by atomic mass is 10.2. The molecule has 0 N–H and O–H groups in total. The molecule has 0 saturated carbocycles. The largest absolute Gasteiger partial charge is 0.413 e. The molecule has 48 heavy (non-hydrogen) atoms. The van der Waals surface area contributed by atoms with Crippen LogP contribution in [0.15, 0.2) is 121 Å². The Morgan fingerprint density at radius 3 is 0.688 bits per heavy atom. The second kappa shape index (κ2) is 11.5. The minimum atomic E-state index is -3.19. The molecule has 4 aromatic carbocycles. The van der Waals surface area contributed by atoms with Gasteiger partial charge in [0.15, 0.2) is 0 Å². The fraction of sp³-hybridized carbons (Fsp3) is 0.333. The maximum atomic E-state index is 7.51. The van der Waals surface area contributed by atoms with Crippen molar-refractivity contribution in [2.75, 3.05) is 0 Å². The Kier molecular flexibility index (Phi) is 7.51. The van der Waals surface area contributed by atoms with Crippen molar-refractivity contribution in [1.29, 1.82) is 0 Å². The number of hydrogen-bond donors (Lipinski definition) is 0. The van der Waals surface area contributed by atoms with Gasteiger partial charge >= 0.3 is 34.2 Å². The summed E-state index contributed by atoms with van der Waals surface area (Å²) in [6, 6.07) is 41.3. The average molecular weight is 713 g/mol. The summed E-state index contributed by atoms with van der Waals surface area (Å²) in [5.41, 5.74) is 3.55. The zero-order valence-corrected chi connectivity index (χ0v) is 31.4. The van der Waals surface area contributed by atoms with E-state index in [0.29, 0.717) is 0 Å². The van der Waals surface area contributed by atoms with Gasteiger partial charge in [0.2, 0.25) is 0 Å². The number of benzene rings is 4. The second-order valence-electron chi connectivity index (χ2n) is 14.0. The minimum absolute atomic E-state index is 0.119. The van der Waals surface area contributed by atoms with Crippen molar-refractivity contribution in [2.45, 2.75) is 73.5 Å². The quantitative estimate of drug-likeness (QED) is 0.142. The van der Waals surface area contributed by atoms with Crippen LogP contribution < -0.4 is 0 Å². The van der Waals surface area contributed by atoms with E-state index in [4.69, 9.17) is 35.4 Å². The predicted molar refractivity (Wildman–Crippen MR) is 187 cm³/mol. The van der Waals surface area contributed by atoms with E-state index in [2.05, 4.69) is 74.7 Å². The maximum Gasteiger partial charge on any atom is 0.350 e. The van der Waals surface area contributed by atoms with E-state index in [9.17, 15) is 0 Å². The Labute approximate surface area is 285 Å². The molecule has 5 aliphatic rings. The predicted octanol–water partition coefficient (Wildman–Crippen LogP) is 7.07. The molecule has 5 fully saturated rings. The van der Waals surface area contributed by atoms with Crippen LogP contribution in [0.1, 0.15) is 46.7 Å². The van der Waals surface area contributed by atoms with Crippen molar-refractivity contribution in [3.8, 4) is 0 Å². The molecule has 0 spiro atoms. The van der Waals surface area contributed by atoms with Crippen molar-refractivity contribution in [3.05, 3.63) is 144 Å². The van der Waals surface area contributed by atoms with Gasteiger partial charge in [-0.3, -0.25) is 0 Å².